The summed E-state index contributed by atoms with van der Waals surface area (Å²) in [7, 11) is 1.49. The standard InChI is InChI=1S/C15H22O6S/c1-19-13(5-7-21-14(17)10-22)15(18)11-3-2-4-12(9-11)20-8-6-16/h2-4,9,13,15-16,18,22H,5-8,10H2,1H3/t13-,15-/m0/s1. The Kier molecular flexibility index (Phi) is 8.91. The SMILES string of the molecule is CO[C@@H](CCOC(=O)CS)[C@@H](O)c1cccc(OCCO)c1. The van der Waals surface area contributed by atoms with Crippen molar-refractivity contribution in [1.29, 1.82) is 0 Å². The molecule has 0 heterocycles. The molecule has 6 nitrogen and oxygen atoms in total. The van der Waals surface area contributed by atoms with E-state index >= 15 is 0 Å². The highest BCUT2D eigenvalue weighted by Crippen LogP contribution is 2.24. The minimum absolute atomic E-state index is 0.0183. The maximum absolute atomic E-state index is 11.0. The van der Waals surface area contributed by atoms with E-state index in [1.54, 1.807) is 24.3 Å². The molecule has 1 aromatic rings. The molecule has 7 heteroatoms. The number of hydrogen-bond donors (Lipinski definition) is 3. The van der Waals surface area contributed by atoms with E-state index in [2.05, 4.69) is 12.6 Å². The molecule has 0 aliphatic heterocycles. The quantitative estimate of drug-likeness (QED) is 0.438. The lowest BCUT2D eigenvalue weighted by Crippen LogP contribution is -2.23. The molecule has 0 aromatic heterocycles. The van der Waals surface area contributed by atoms with Gasteiger partial charge in [0.25, 0.3) is 0 Å². The molecule has 124 valence electrons. The summed E-state index contributed by atoms with van der Waals surface area (Å²) in [6, 6.07) is 6.93. The number of hydrogen-bond acceptors (Lipinski definition) is 7. The lowest BCUT2D eigenvalue weighted by Gasteiger charge is -2.22. The van der Waals surface area contributed by atoms with Crippen molar-refractivity contribution in [3.63, 3.8) is 0 Å². The van der Waals surface area contributed by atoms with Crippen LogP contribution in [0.5, 0.6) is 5.75 Å². The molecule has 1 aromatic carbocycles. The van der Waals surface area contributed by atoms with Gasteiger partial charge in [-0.15, -0.1) is 0 Å². The van der Waals surface area contributed by atoms with Crippen LogP contribution in [0, 0.1) is 0 Å². The molecule has 0 spiro atoms. The number of esters is 1. The summed E-state index contributed by atoms with van der Waals surface area (Å²) in [5.41, 5.74) is 0.628. The van der Waals surface area contributed by atoms with E-state index in [-0.39, 0.29) is 25.6 Å². The third-order valence-electron chi connectivity index (χ3n) is 3.01. The smallest absolute Gasteiger partial charge is 0.315 e. The highest BCUT2D eigenvalue weighted by Gasteiger charge is 2.21. The van der Waals surface area contributed by atoms with E-state index < -0.39 is 18.2 Å². The molecular formula is C15H22O6S. The predicted molar refractivity (Wildman–Crippen MR) is 84.2 cm³/mol. The van der Waals surface area contributed by atoms with Gasteiger partial charge >= 0.3 is 5.97 Å². The van der Waals surface area contributed by atoms with Gasteiger partial charge in [-0.3, -0.25) is 4.79 Å². The van der Waals surface area contributed by atoms with Crippen molar-refractivity contribution in [3.8, 4) is 5.75 Å². The second-order valence-electron chi connectivity index (χ2n) is 4.53. The minimum Gasteiger partial charge on any atom is -0.491 e. The fourth-order valence-electron chi connectivity index (χ4n) is 1.91. The summed E-state index contributed by atoms with van der Waals surface area (Å²) in [5.74, 6) is 0.166. The summed E-state index contributed by atoms with van der Waals surface area (Å²) in [6.07, 6.45) is -1.03. The molecule has 1 rings (SSSR count). The van der Waals surface area contributed by atoms with Gasteiger partial charge in [0.1, 0.15) is 18.5 Å². The monoisotopic (exact) mass is 330 g/mol. The van der Waals surface area contributed by atoms with Crippen LogP contribution in [0.3, 0.4) is 0 Å². The zero-order valence-electron chi connectivity index (χ0n) is 12.5. The Balaban J connectivity index is 2.62. The predicted octanol–water partition coefficient (Wildman–Crippen LogP) is 0.969. The third kappa shape index (κ3) is 6.23. The Hall–Kier alpha value is -1.28. The maximum Gasteiger partial charge on any atom is 0.315 e. The molecule has 0 aliphatic rings. The number of methoxy groups -OCH3 is 1. The van der Waals surface area contributed by atoms with E-state index in [1.807, 2.05) is 0 Å². The van der Waals surface area contributed by atoms with Gasteiger partial charge < -0.3 is 24.4 Å². The van der Waals surface area contributed by atoms with E-state index in [0.29, 0.717) is 17.7 Å². The Morgan fingerprint density at radius 1 is 1.36 bits per heavy atom. The first-order valence-corrected chi connectivity index (χ1v) is 7.56. The van der Waals surface area contributed by atoms with E-state index in [0.717, 1.165) is 0 Å². The Bertz CT molecular complexity index is 453. The number of ether oxygens (including phenoxy) is 3. The summed E-state index contributed by atoms with van der Waals surface area (Å²) < 4.78 is 15.5. The fourth-order valence-corrected chi connectivity index (χ4v) is 2.00. The number of aliphatic hydroxyl groups excluding tert-OH is 2. The average Bonchev–Trinajstić information content (AvgIpc) is 2.56. The first-order valence-electron chi connectivity index (χ1n) is 6.93. The van der Waals surface area contributed by atoms with Crippen molar-refractivity contribution < 1.29 is 29.2 Å². The van der Waals surface area contributed by atoms with Gasteiger partial charge in [-0.25, -0.2) is 0 Å². The molecule has 0 amide bonds. The van der Waals surface area contributed by atoms with Crippen LogP contribution >= 0.6 is 12.6 Å². The number of aliphatic hydroxyl groups is 2. The summed E-state index contributed by atoms with van der Waals surface area (Å²) in [6.45, 7) is 0.257. The third-order valence-corrected chi connectivity index (χ3v) is 3.27. The zero-order chi connectivity index (χ0) is 16.4. The normalized spacial score (nSPS) is 13.5. The van der Waals surface area contributed by atoms with Crippen LogP contribution in [0.4, 0.5) is 0 Å². The van der Waals surface area contributed by atoms with Crippen LogP contribution in [0.2, 0.25) is 0 Å². The van der Waals surface area contributed by atoms with E-state index in [1.165, 1.54) is 7.11 Å². The molecule has 0 bridgehead atoms. The maximum atomic E-state index is 11.0. The average molecular weight is 330 g/mol. The zero-order valence-corrected chi connectivity index (χ0v) is 13.4. The van der Waals surface area contributed by atoms with Crippen molar-refractivity contribution in [2.24, 2.45) is 0 Å². The molecule has 0 aliphatic carbocycles. The number of benzene rings is 1. The Labute approximate surface area is 135 Å². The second-order valence-corrected chi connectivity index (χ2v) is 4.85. The van der Waals surface area contributed by atoms with Crippen LogP contribution in [-0.2, 0) is 14.3 Å². The molecule has 2 N–H and O–H groups in total. The molecule has 0 saturated heterocycles. The summed E-state index contributed by atoms with van der Waals surface area (Å²) >= 11 is 3.81. The van der Waals surface area contributed by atoms with Gasteiger partial charge in [0.2, 0.25) is 0 Å². The van der Waals surface area contributed by atoms with Crippen LogP contribution in [0.25, 0.3) is 0 Å². The molecule has 0 unspecified atom stereocenters. The van der Waals surface area contributed by atoms with Crippen molar-refractivity contribution in [1.82, 2.24) is 0 Å². The Morgan fingerprint density at radius 2 is 2.14 bits per heavy atom. The first kappa shape index (κ1) is 18.8. The van der Waals surface area contributed by atoms with Crippen molar-refractivity contribution in [2.45, 2.75) is 18.6 Å². The van der Waals surface area contributed by atoms with E-state index in [4.69, 9.17) is 19.3 Å². The topological polar surface area (TPSA) is 85.2 Å². The molecule has 2 atom stereocenters. The van der Waals surface area contributed by atoms with Crippen LogP contribution in [0.15, 0.2) is 24.3 Å². The number of carbonyl (C=O) groups is 1. The summed E-state index contributed by atoms with van der Waals surface area (Å²) in [4.78, 5) is 11.0. The molecular weight excluding hydrogens is 308 g/mol. The largest absolute Gasteiger partial charge is 0.491 e. The van der Waals surface area contributed by atoms with Crippen molar-refractivity contribution in [3.05, 3.63) is 29.8 Å². The highest BCUT2D eigenvalue weighted by atomic mass is 32.1. The Morgan fingerprint density at radius 3 is 2.77 bits per heavy atom. The highest BCUT2D eigenvalue weighted by molar-refractivity contribution is 7.81. The van der Waals surface area contributed by atoms with Crippen molar-refractivity contribution >= 4 is 18.6 Å². The number of carbonyl (C=O) groups excluding carboxylic acids is 1. The van der Waals surface area contributed by atoms with Gasteiger partial charge in [0.15, 0.2) is 0 Å². The van der Waals surface area contributed by atoms with Gasteiger partial charge in [-0.2, -0.15) is 12.6 Å². The van der Waals surface area contributed by atoms with Crippen LogP contribution < -0.4 is 4.74 Å². The second kappa shape index (κ2) is 10.4. The lowest BCUT2D eigenvalue weighted by molar-refractivity contribution is -0.141. The van der Waals surface area contributed by atoms with Gasteiger partial charge in [0, 0.05) is 13.5 Å². The number of rotatable bonds is 10. The first-order chi connectivity index (χ1) is 10.6. The molecule has 0 fully saturated rings. The molecule has 0 saturated carbocycles. The van der Waals surface area contributed by atoms with Gasteiger partial charge in [-0.05, 0) is 17.7 Å². The molecule has 22 heavy (non-hydrogen) atoms. The van der Waals surface area contributed by atoms with Gasteiger partial charge in [0.05, 0.1) is 25.1 Å². The lowest BCUT2D eigenvalue weighted by atomic mass is 10.0. The molecule has 0 radical (unpaired) electrons. The van der Waals surface area contributed by atoms with Gasteiger partial charge in [-0.1, -0.05) is 12.1 Å². The fraction of sp³-hybridized carbons (Fsp3) is 0.533. The summed E-state index contributed by atoms with van der Waals surface area (Å²) in [5, 5.41) is 19.1. The number of thiol groups is 1. The van der Waals surface area contributed by atoms with E-state index in [9.17, 15) is 9.90 Å². The van der Waals surface area contributed by atoms with Crippen LogP contribution in [-0.4, -0.2) is 55.0 Å². The van der Waals surface area contributed by atoms with Crippen molar-refractivity contribution in [2.75, 3.05) is 32.7 Å². The minimum atomic E-state index is -0.877. The van der Waals surface area contributed by atoms with Crippen LogP contribution in [0.1, 0.15) is 18.1 Å².